The number of rotatable bonds is 4. The molecule has 1 aliphatic heterocycles. The number of ether oxygens (including phenoxy) is 2. The average molecular weight is 496 g/mol. The van der Waals surface area contributed by atoms with Crippen molar-refractivity contribution in [1.82, 2.24) is 0 Å². The summed E-state index contributed by atoms with van der Waals surface area (Å²) in [6.45, 7) is 2.71. The van der Waals surface area contributed by atoms with Crippen LogP contribution in [0.1, 0.15) is 42.6 Å². The van der Waals surface area contributed by atoms with Crippen LogP contribution in [0.25, 0.3) is 10.8 Å². The Morgan fingerprint density at radius 2 is 1.66 bits per heavy atom. The summed E-state index contributed by atoms with van der Waals surface area (Å²) < 4.78 is 106. The molecule has 35 heavy (non-hydrogen) atoms. The molecule has 0 aliphatic carbocycles. The van der Waals surface area contributed by atoms with Gasteiger partial charge in [0, 0.05) is 17.9 Å². The summed E-state index contributed by atoms with van der Waals surface area (Å²) in [7, 11) is 0. The minimum absolute atomic E-state index is 0.114. The van der Waals surface area contributed by atoms with Crippen molar-refractivity contribution >= 4 is 10.8 Å². The first-order valence-electron chi connectivity index (χ1n) is 10.7. The zero-order chi connectivity index (χ0) is 25.4. The van der Waals surface area contributed by atoms with E-state index in [0.29, 0.717) is 18.6 Å². The second-order valence-electron chi connectivity index (χ2n) is 8.42. The third kappa shape index (κ3) is 5.70. The Balaban J connectivity index is 1.56. The van der Waals surface area contributed by atoms with Gasteiger partial charge < -0.3 is 9.47 Å². The molecule has 9 heteroatoms. The average Bonchev–Trinajstić information content (AvgIpc) is 2.79. The van der Waals surface area contributed by atoms with Gasteiger partial charge in [0.2, 0.25) is 0 Å². The highest BCUT2D eigenvalue weighted by Gasteiger charge is 2.35. The van der Waals surface area contributed by atoms with E-state index in [1.54, 1.807) is 12.1 Å². The van der Waals surface area contributed by atoms with Gasteiger partial charge >= 0.3 is 12.3 Å². The molecule has 0 bridgehead atoms. The maximum atomic E-state index is 14.8. The van der Waals surface area contributed by atoms with E-state index in [0.717, 1.165) is 42.5 Å². The molecule has 2 unspecified atom stereocenters. The summed E-state index contributed by atoms with van der Waals surface area (Å²) in [5, 5.41) is -0.638. The van der Waals surface area contributed by atoms with Crippen LogP contribution < -0.4 is 4.74 Å². The first-order valence-corrected chi connectivity index (χ1v) is 10.7. The van der Waals surface area contributed by atoms with Crippen LogP contribution in [0.2, 0.25) is 0 Å². The molecule has 1 heterocycles. The molecule has 3 aromatic rings. The fraction of sp³-hybridized carbons (Fsp3) is 0.308. The molecule has 0 amide bonds. The van der Waals surface area contributed by atoms with Crippen LogP contribution in [0, 0.1) is 29.4 Å². The Morgan fingerprint density at radius 3 is 2.29 bits per heavy atom. The normalized spacial score (nSPS) is 18.7. The van der Waals surface area contributed by atoms with Gasteiger partial charge in [0.25, 0.3) is 0 Å². The number of hydrogen-bond donors (Lipinski definition) is 0. The zero-order valence-corrected chi connectivity index (χ0v) is 18.4. The van der Waals surface area contributed by atoms with E-state index < -0.39 is 35.0 Å². The molecule has 1 saturated heterocycles. The lowest BCUT2D eigenvalue weighted by atomic mass is 9.96. The maximum Gasteiger partial charge on any atom is 0.458 e. The summed E-state index contributed by atoms with van der Waals surface area (Å²) in [4.78, 5) is 0. The summed E-state index contributed by atoms with van der Waals surface area (Å²) in [5.41, 5.74) is -0.942. The molecule has 4 rings (SSSR count). The van der Waals surface area contributed by atoms with Crippen molar-refractivity contribution in [3.8, 4) is 17.6 Å². The summed E-state index contributed by atoms with van der Waals surface area (Å²) >= 11 is 0. The highest BCUT2D eigenvalue weighted by atomic mass is 19.4. The SMILES string of the molecule is CC1CCC(c2ccc(OC(F)(F)c3ccc4c(F)c(C#CC(F)(F)F)c(F)cc4c3)cc2)OC1. The van der Waals surface area contributed by atoms with E-state index >= 15 is 0 Å². The number of hydrogen-bond acceptors (Lipinski definition) is 2. The Bertz CT molecular complexity index is 1280. The van der Waals surface area contributed by atoms with Gasteiger partial charge in [-0.25, -0.2) is 8.78 Å². The Kier molecular flexibility index (Phi) is 6.69. The number of alkyl halides is 5. The standard InChI is InChI=1S/C26H19F7O2/c1-15-2-9-23(34-14-15)16-3-6-19(7-4-16)35-26(32,33)18-5-8-20-17(12-18)13-22(27)21(24(20)28)10-11-25(29,30)31/h3-8,12-13,15,23H,2,9,14H2,1H3. The smallest absolute Gasteiger partial charge is 0.429 e. The lowest BCUT2D eigenvalue weighted by Gasteiger charge is -2.27. The van der Waals surface area contributed by atoms with E-state index in [4.69, 9.17) is 9.47 Å². The fourth-order valence-electron chi connectivity index (χ4n) is 3.86. The predicted octanol–water partition coefficient (Wildman–Crippen LogP) is 7.65. The third-order valence-electron chi connectivity index (χ3n) is 5.70. The molecule has 0 spiro atoms. The van der Waals surface area contributed by atoms with Crippen molar-refractivity contribution in [3.05, 3.63) is 76.9 Å². The second-order valence-corrected chi connectivity index (χ2v) is 8.42. The molecule has 0 radical (unpaired) electrons. The van der Waals surface area contributed by atoms with Gasteiger partial charge in [-0.1, -0.05) is 31.0 Å². The predicted molar refractivity (Wildman–Crippen MR) is 115 cm³/mol. The van der Waals surface area contributed by atoms with Crippen molar-refractivity contribution in [2.75, 3.05) is 6.61 Å². The summed E-state index contributed by atoms with van der Waals surface area (Å²) in [6.07, 6.45) is -7.09. The van der Waals surface area contributed by atoms with Gasteiger partial charge in [0.15, 0.2) is 0 Å². The van der Waals surface area contributed by atoms with Crippen molar-refractivity contribution < 1.29 is 40.2 Å². The van der Waals surface area contributed by atoms with Gasteiger partial charge in [0.1, 0.15) is 17.4 Å². The quantitative estimate of drug-likeness (QED) is 0.273. The van der Waals surface area contributed by atoms with Gasteiger partial charge in [-0.3, -0.25) is 0 Å². The number of halogens is 7. The summed E-state index contributed by atoms with van der Waals surface area (Å²) in [5.74, 6) is -0.220. The Labute approximate surface area is 196 Å². The molecule has 1 fully saturated rings. The topological polar surface area (TPSA) is 18.5 Å². The van der Waals surface area contributed by atoms with Crippen LogP contribution in [0.3, 0.4) is 0 Å². The molecule has 3 aromatic carbocycles. The minimum Gasteiger partial charge on any atom is -0.429 e. The first-order chi connectivity index (χ1) is 16.4. The van der Waals surface area contributed by atoms with E-state index in [2.05, 4.69) is 6.92 Å². The lowest BCUT2D eigenvalue weighted by Crippen LogP contribution is -2.22. The molecular formula is C26H19F7O2. The van der Waals surface area contributed by atoms with E-state index in [1.807, 2.05) is 0 Å². The monoisotopic (exact) mass is 496 g/mol. The molecule has 184 valence electrons. The highest BCUT2D eigenvalue weighted by molar-refractivity contribution is 5.85. The first kappa shape index (κ1) is 24.9. The van der Waals surface area contributed by atoms with Crippen LogP contribution in [0.4, 0.5) is 30.7 Å². The number of fused-ring (bicyclic) bond motifs is 1. The molecule has 1 aliphatic rings. The highest BCUT2D eigenvalue weighted by Crippen LogP contribution is 2.36. The lowest BCUT2D eigenvalue weighted by molar-refractivity contribution is -0.185. The largest absolute Gasteiger partial charge is 0.458 e. The van der Waals surface area contributed by atoms with Crippen molar-refractivity contribution in [3.63, 3.8) is 0 Å². The van der Waals surface area contributed by atoms with Gasteiger partial charge in [-0.2, -0.15) is 22.0 Å². The Hall–Kier alpha value is -3.25. The van der Waals surface area contributed by atoms with E-state index in [1.165, 1.54) is 18.1 Å². The van der Waals surface area contributed by atoms with Gasteiger partial charge in [-0.05, 0) is 60.0 Å². The van der Waals surface area contributed by atoms with Gasteiger partial charge in [0.05, 0.1) is 17.2 Å². The second kappa shape index (κ2) is 9.42. The molecule has 2 nitrogen and oxygen atoms in total. The Morgan fingerprint density at radius 1 is 0.943 bits per heavy atom. The third-order valence-corrected chi connectivity index (χ3v) is 5.70. The van der Waals surface area contributed by atoms with Crippen LogP contribution in [0.5, 0.6) is 5.75 Å². The molecular weight excluding hydrogens is 477 g/mol. The van der Waals surface area contributed by atoms with Crippen LogP contribution in [-0.2, 0) is 10.8 Å². The van der Waals surface area contributed by atoms with Crippen LogP contribution in [-0.4, -0.2) is 12.8 Å². The summed E-state index contributed by atoms with van der Waals surface area (Å²) in [6, 6.07) is 9.29. The van der Waals surface area contributed by atoms with E-state index in [9.17, 15) is 30.7 Å². The van der Waals surface area contributed by atoms with Crippen LogP contribution >= 0.6 is 0 Å². The zero-order valence-electron chi connectivity index (χ0n) is 18.4. The molecule has 0 N–H and O–H groups in total. The molecule has 2 atom stereocenters. The number of benzene rings is 3. The van der Waals surface area contributed by atoms with Crippen molar-refractivity contribution in [2.24, 2.45) is 5.92 Å². The van der Waals surface area contributed by atoms with Crippen LogP contribution in [0.15, 0.2) is 48.5 Å². The molecule has 0 saturated carbocycles. The maximum absolute atomic E-state index is 14.8. The van der Waals surface area contributed by atoms with Crippen molar-refractivity contribution in [1.29, 1.82) is 0 Å². The minimum atomic E-state index is -4.95. The fourth-order valence-corrected chi connectivity index (χ4v) is 3.86. The molecule has 0 aromatic heterocycles. The van der Waals surface area contributed by atoms with Gasteiger partial charge in [-0.15, -0.1) is 0 Å². The van der Waals surface area contributed by atoms with Crippen molar-refractivity contribution in [2.45, 2.75) is 38.2 Å². The van der Waals surface area contributed by atoms with E-state index in [-0.39, 0.29) is 22.6 Å².